The van der Waals surface area contributed by atoms with E-state index < -0.39 is 0 Å². The van der Waals surface area contributed by atoms with E-state index >= 15 is 0 Å². The van der Waals surface area contributed by atoms with Crippen molar-refractivity contribution in [1.82, 2.24) is 0 Å². The number of aryl methyl sites for hydroxylation is 1. The van der Waals surface area contributed by atoms with Gasteiger partial charge in [0.25, 0.3) is 0 Å². The van der Waals surface area contributed by atoms with E-state index in [9.17, 15) is 5.11 Å². The summed E-state index contributed by atoms with van der Waals surface area (Å²) in [4.78, 5) is 0. The van der Waals surface area contributed by atoms with E-state index in [1.807, 2.05) is 41.9 Å². The van der Waals surface area contributed by atoms with Gasteiger partial charge in [0.05, 0.1) is 0 Å². The average molecular weight is 235 g/mol. The molecule has 0 aliphatic carbocycles. The van der Waals surface area contributed by atoms with Crippen molar-refractivity contribution >= 4 is 10.9 Å². The van der Waals surface area contributed by atoms with Crippen LogP contribution in [0.15, 0.2) is 60.7 Å². The van der Waals surface area contributed by atoms with E-state index in [0.29, 0.717) is 0 Å². The lowest BCUT2D eigenvalue weighted by atomic mass is 10.1. The molecular formula is C16H13NO. The first-order valence-corrected chi connectivity index (χ1v) is 5.91. The standard InChI is InChI=1S/C16H13NO/c1-17-14(12-6-3-2-4-7-12)11-10-13-8-5-9-15(18)16(13)17/h2-11H,1H3. The first-order valence-electron chi connectivity index (χ1n) is 5.91. The lowest BCUT2D eigenvalue weighted by Gasteiger charge is -2.09. The van der Waals surface area contributed by atoms with Crippen LogP contribution in [0.5, 0.6) is 5.75 Å². The molecular weight excluding hydrogens is 222 g/mol. The number of nitrogens with zero attached hydrogens (tertiary/aromatic N) is 1. The highest BCUT2D eigenvalue weighted by Gasteiger charge is 2.13. The van der Waals surface area contributed by atoms with Crippen LogP contribution in [-0.2, 0) is 7.05 Å². The summed E-state index contributed by atoms with van der Waals surface area (Å²) >= 11 is 0. The highest BCUT2D eigenvalue weighted by Crippen LogP contribution is 2.22. The third-order valence-corrected chi connectivity index (χ3v) is 3.22. The van der Waals surface area contributed by atoms with Crippen LogP contribution in [0.1, 0.15) is 0 Å². The van der Waals surface area contributed by atoms with Gasteiger partial charge in [0.15, 0.2) is 0 Å². The normalized spacial score (nSPS) is 10.7. The van der Waals surface area contributed by atoms with Crippen molar-refractivity contribution in [2.75, 3.05) is 0 Å². The van der Waals surface area contributed by atoms with E-state index in [-0.39, 0.29) is 5.75 Å². The molecule has 2 aromatic carbocycles. The van der Waals surface area contributed by atoms with Gasteiger partial charge >= 0.3 is 0 Å². The molecule has 1 heterocycles. The maximum absolute atomic E-state index is 12.0. The largest absolute Gasteiger partial charge is 0.868 e. The van der Waals surface area contributed by atoms with Gasteiger partial charge in [-0.05, 0) is 30.0 Å². The summed E-state index contributed by atoms with van der Waals surface area (Å²) < 4.78 is 1.97. The molecule has 0 saturated carbocycles. The SMILES string of the molecule is C[n+]1c(-c2ccccc2)ccc2cccc([O-])c21. The predicted molar refractivity (Wildman–Crippen MR) is 70.0 cm³/mol. The van der Waals surface area contributed by atoms with Crippen molar-refractivity contribution in [3.8, 4) is 17.0 Å². The summed E-state index contributed by atoms with van der Waals surface area (Å²) in [5, 5.41) is 12.9. The quantitative estimate of drug-likeness (QED) is 0.595. The molecule has 0 unspecified atom stereocenters. The molecule has 0 amide bonds. The number of para-hydroxylation sites is 1. The first kappa shape index (κ1) is 10.8. The summed E-state index contributed by atoms with van der Waals surface area (Å²) in [6.07, 6.45) is 0. The maximum atomic E-state index is 12.0. The van der Waals surface area contributed by atoms with Crippen LogP contribution in [0.25, 0.3) is 22.2 Å². The van der Waals surface area contributed by atoms with Gasteiger partial charge in [0.1, 0.15) is 7.05 Å². The van der Waals surface area contributed by atoms with Gasteiger partial charge < -0.3 is 5.11 Å². The van der Waals surface area contributed by atoms with Gasteiger partial charge in [-0.25, -0.2) is 0 Å². The Morgan fingerprint density at radius 1 is 0.833 bits per heavy atom. The monoisotopic (exact) mass is 235 g/mol. The molecule has 0 aliphatic heterocycles. The van der Waals surface area contributed by atoms with E-state index in [4.69, 9.17) is 0 Å². The second kappa shape index (κ2) is 4.15. The number of hydrogen-bond acceptors (Lipinski definition) is 1. The molecule has 0 N–H and O–H groups in total. The third-order valence-electron chi connectivity index (χ3n) is 3.22. The fourth-order valence-corrected chi connectivity index (χ4v) is 2.33. The molecule has 0 saturated heterocycles. The lowest BCUT2D eigenvalue weighted by Crippen LogP contribution is -2.32. The predicted octanol–water partition coefficient (Wildman–Crippen LogP) is 2.40. The number of pyridine rings is 1. The molecule has 0 fully saturated rings. The Kier molecular flexibility index (Phi) is 2.49. The van der Waals surface area contributed by atoms with Crippen molar-refractivity contribution in [3.05, 3.63) is 60.7 Å². The fourth-order valence-electron chi connectivity index (χ4n) is 2.33. The van der Waals surface area contributed by atoms with Crippen molar-refractivity contribution in [2.45, 2.75) is 0 Å². The fraction of sp³-hybridized carbons (Fsp3) is 0.0625. The topological polar surface area (TPSA) is 26.9 Å². The van der Waals surface area contributed by atoms with Gasteiger partial charge in [-0.3, -0.25) is 0 Å². The molecule has 2 nitrogen and oxygen atoms in total. The lowest BCUT2D eigenvalue weighted by molar-refractivity contribution is -0.635. The van der Waals surface area contributed by atoms with Crippen molar-refractivity contribution < 1.29 is 9.67 Å². The third kappa shape index (κ3) is 1.63. The zero-order chi connectivity index (χ0) is 12.5. The Morgan fingerprint density at radius 2 is 1.61 bits per heavy atom. The smallest absolute Gasteiger partial charge is 0.212 e. The minimum atomic E-state index is 0.0628. The molecule has 1 aromatic heterocycles. The van der Waals surface area contributed by atoms with Crippen LogP contribution in [0.2, 0.25) is 0 Å². The average Bonchev–Trinajstić information content (AvgIpc) is 2.40. The molecule has 3 aromatic rings. The summed E-state index contributed by atoms with van der Waals surface area (Å²) in [5.74, 6) is 0.0628. The molecule has 18 heavy (non-hydrogen) atoms. The minimum absolute atomic E-state index is 0.0628. The molecule has 0 atom stereocenters. The van der Waals surface area contributed by atoms with Crippen molar-refractivity contribution in [3.63, 3.8) is 0 Å². The van der Waals surface area contributed by atoms with Gasteiger partial charge in [0, 0.05) is 17.0 Å². The van der Waals surface area contributed by atoms with Crippen LogP contribution in [-0.4, -0.2) is 0 Å². The van der Waals surface area contributed by atoms with Crippen LogP contribution >= 0.6 is 0 Å². The molecule has 3 rings (SSSR count). The zero-order valence-electron chi connectivity index (χ0n) is 10.1. The van der Waals surface area contributed by atoms with Gasteiger partial charge in [-0.15, -0.1) is 0 Å². The Balaban J connectivity index is 2.33. The molecule has 88 valence electrons. The number of rotatable bonds is 1. The molecule has 0 aliphatic rings. The Bertz CT molecular complexity index is 705. The van der Waals surface area contributed by atoms with E-state index in [1.54, 1.807) is 12.1 Å². The van der Waals surface area contributed by atoms with Gasteiger partial charge in [-0.1, -0.05) is 30.3 Å². The second-order valence-corrected chi connectivity index (χ2v) is 4.34. The Labute approximate surface area is 106 Å². The molecule has 0 spiro atoms. The Morgan fingerprint density at radius 3 is 2.39 bits per heavy atom. The summed E-state index contributed by atoms with van der Waals surface area (Å²) in [6, 6.07) is 19.5. The first-order chi connectivity index (χ1) is 8.77. The maximum Gasteiger partial charge on any atom is 0.212 e. The minimum Gasteiger partial charge on any atom is -0.868 e. The zero-order valence-corrected chi connectivity index (χ0v) is 10.1. The molecule has 0 bridgehead atoms. The number of fused-ring (bicyclic) bond motifs is 1. The Hall–Kier alpha value is -2.35. The van der Waals surface area contributed by atoms with Crippen LogP contribution in [0.4, 0.5) is 0 Å². The van der Waals surface area contributed by atoms with Crippen LogP contribution < -0.4 is 9.67 Å². The summed E-state index contributed by atoms with van der Waals surface area (Å²) in [7, 11) is 1.94. The highest BCUT2D eigenvalue weighted by molar-refractivity contribution is 5.82. The highest BCUT2D eigenvalue weighted by atomic mass is 16.3. The van der Waals surface area contributed by atoms with Crippen LogP contribution in [0.3, 0.4) is 0 Å². The van der Waals surface area contributed by atoms with Crippen LogP contribution in [0, 0.1) is 0 Å². The molecule has 0 radical (unpaired) electrons. The van der Waals surface area contributed by atoms with Gasteiger partial charge in [-0.2, -0.15) is 4.57 Å². The summed E-state index contributed by atoms with van der Waals surface area (Å²) in [5.41, 5.74) is 2.91. The number of aromatic nitrogens is 1. The van der Waals surface area contributed by atoms with E-state index in [1.165, 1.54) is 0 Å². The summed E-state index contributed by atoms with van der Waals surface area (Å²) in [6.45, 7) is 0. The van der Waals surface area contributed by atoms with Crippen molar-refractivity contribution in [1.29, 1.82) is 0 Å². The van der Waals surface area contributed by atoms with E-state index in [0.717, 1.165) is 22.2 Å². The van der Waals surface area contributed by atoms with Gasteiger partial charge in [0.2, 0.25) is 11.2 Å². The number of hydrogen-bond donors (Lipinski definition) is 0. The van der Waals surface area contributed by atoms with Crippen molar-refractivity contribution in [2.24, 2.45) is 7.05 Å². The number of benzene rings is 2. The molecule has 2 heteroatoms. The van der Waals surface area contributed by atoms with E-state index in [2.05, 4.69) is 18.2 Å². The second-order valence-electron chi connectivity index (χ2n) is 4.34.